The third-order valence-electron chi connectivity index (χ3n) is 3.56. The van der Waals surface area contributed by atoms with Crippen molar-refractivity contribution in [2.24, 2.45) is 0 Å². The van der Waals surface area contributed by atoms with Gasteiger partial charge in [0, 0.05) is 7.11 Å². The van der Waals surface area contributed by atoms with E-state index in [0.29, 0.717) is 0 Å². The van der Waals surface area contributed by atoms with Crippen molar-refractivity contribution in [3.05, 3.63) is 35.4 Å². The van der Waals surface area contributed by atoms with Gasteiger partial charge < -0.3 is 10.1 Å². The highest BCUT2D eigenvalue weighted by atomic mass is 19.4. The highest BCUT2D eigenvalue weighted by Crippen LogP contribution is 2.34. The average Bonchev–Trinajstić information content (AvgIpc) is 2.67. The van der Waals surface area contributed by atoms with E-state index in [0.717, 1.165) is 17.0 Å². The predicted molar refractivity (Wildman–Crippen MR) is 70.9 cm³/mol. The van der Waals surface area contributed by atoms with Gasteiger partial charge in [0.05, 0.1) is 18.7 Å². The SMILES string of the molecule is COCCN1C(=O)N[C@@](C)(c2cccc(C(F)(F)F)c2)C1=O. The van der Waals surface area contributed by atoms with Crippen LogP contribution < -0.4 is 5.32 Å². The Labute approximate surface area is 125 Å². The highest BCUT2D eigenvalue weighted by molar-refractivity contribution is 6.07. The zero-order chi connectivity index (χ0) is 16.5. The number of methoxy groups -OCH3 is 1. The number of imide groups is 1. The van der Waals surface area contributed by atoms with E-state index in [1.54, 1.807) is 0 Å². The molecule has 1 N–H and O–H groups in total. The second kappa shape index (κ2) is 5.60. The van der Waals surface area contributed by atoms with Gasteiger partial charge in [0.15, 0.2) is 0 Å². The number of ether oxygens (including phenoxy) is 1. The van der Waals surface area contributed by atoms with Crippen molar-refractivity contribution in [3.63, 3.8) is 0 Å². The second-order valence-corrected chi connectivity index (χ2v) is 5.08. The molecular formula is C14H15F3N2O3. The minimum absolute atomic E-state index is 0.0374. The molecule has 1 heterocycles. The summed E-state index contributed by atoms with van der Waals surface area (Å²) in [5.74, 6) is -0.603. The Bertz CT molecular complexity index is 603. The van der Waals surface area contributed by atoms with Crippen LogP contribution in [0.1, 0.15) is 18.1 Å². The molecule has 0 spiro atoms. The monoisotopic (exact) mass is 316 g/mol. The van der Waals surface area contributed by atoms with Crippen LogP contribution in [0.5, 0.6) is 0 Å². The molecule has 22 heavy (non-hydrogen) atoms. The van der Waals surface area contributed by atoms with Gasteiger partial charge in [-0.15, -0.1) is 0 Å². The van der Waals surface area contributed by atoms with Gasteiger partial charge in [-0.2, -0.15) is 13.2 Å². The van der Waals surface area contributed by atoms with Gasteiger partial charge in [-0.1, -0.05) is 12.1 Å². The molecule has 1 aromatic carbocycles. The van der Waals surface area contributed by atoms with Crippen molar-refractivity contribution in [1.29, 1.82) is 0 Å². The Morgan fingerprint density at radius 2 is 2.00 bits per heavy atom. The predicted octanol–water partition coefficient (Wildman–Crippen LogP) is 2.12. The van der Waals surface area contributed by atoms with Crippen molar-refractivity contribution in [3.8, 4) is 0 Å². The van der Waals surface area contributed by atoms with Crippen LogP contribution in [0.4, 0.5) is 18.0 Å². The summed E-state index contributed by atoms with van der Waals surface area (Å²) < 4.78 is 43.2. The van der Waals surface area contributed by atoms with Crippen LogP contribution in [0.25, 0.3) is 0 Å². The van der Waals surface area contributed by atoms with Gasteiger partial charge in [-0.3, -0.25) is 9.69 Å². The van der Waals surface area contributed by atoms with E-state index in [4.69, 9.17) is 4.74 Å². The summed E-state index contributed by atoms with van der Waals surface area (Å²) in [5, 5.41) is 2.45. The molecule has 0 unspecified atom stereocenters. The molecule has 0 saturated carbocycles. The first-order chi connectivity index (χ1) is 10.2. The van der Waals surface area contributed by atoms with Crippen molar-refractivity contribution < 1.29 is 27.5 Å². The number of rotatable bonds is 4. The molecule has 0 aromatic heterocycles. The zero-order valence-corrected chi connectivity index (χ0v) is 12.0. The van der Waals surface area contributed by atoms with E-state index in [1.165, 1.54) is 26.2 Å². The first-order valence-corrected chi connectivity index (χ1v) is 6.51. The Balaban J connectivity index is 2.36. The molecule has 1 aromatic rings. The number of nitrogens with one attached hydrogen (secondary N) is 1. The molecule has 1 fully saturated rings. The molecule has 0 radical (unpaired) electrons. The summed E-state index contributed by atoms with van der Waals surface area (Å²) in [6, 6.07) is 3.73. The number of carbonyl (C=O) groups excluding carboxylic acids is 2. The van der Waals surface area contributed by atoms with Crippen LogP contribution in [-0.4, -0.2) is 37.1 Å². The third-order valence-corrected chi connectivity index (χ3v) is 3.56. The summed E-state index contributed by atoms with van der Waals surface area (Å²) in [5.41, 5.74) is -2.31. The number of nitrogens with zero attached hydrogens (tertiary/aromatic N) is 1. The summed E-state index contributed by atoms with van der Waals surface area (Å²) in [7, 11) is 1.42. The van der Waals surface area contributed by atoms with Gasteiger partial charge in [0.25, 0.3) is 5.91 Å². The number of hydrogen-bond donors (Lipinski definition) is 1. The van der Waals surface area contributed by atoms with E-state index in [9.17, 15) is 22.8 Å². The third kappa shape index (κ3) is 2.78. The van der Waals surface area contributed by atoms with Crippen LogP contribution in [0.15, 0.2) is 24.3 Å². The van der Waals surface area contributed by atoms with Crippen molar-refractivity contribution in [2.45, 2.75) is 18.6 Å². The minimum atomic E-state index is -4.52. The molecule has 3 amide bonds. The molecule has 8 heteroatoms. The normalized spacial score (nSPS) is 22.1. The summed E-state index contributed by atoms with van der Waals surface area (Å²) >= 11 is 0. The van der Waals surface area contributed by atoms with E-state index < -0.39 is 29.2 Å². The van der Waals surface area contributed by atoms with Gasteiger partial charge >= 0.3 is 12.2 Å². The molecule has 1 aliphatic heterocycles. The number of halogens is 3. The number of amides is 3. The molecule has 1 saturated heterocycles. The maximum Gasteiger partial charge on any atom is 0.416 e. The fourth-order valence-corrected chi connectivity index (χ4v) is 2.28. The molecule has 5 nitrogen and oxygen atoms in total. The Kier molecular flexibility index (Phi) is 4.15. The Morgan fingerprint density at radius 1 is 1.32 bits per heavy atom. The topological polar surface area (TPSA) is 58.6 Å². The van der Waals surface area contributed by atoms with E-state index in [2.05, 4.69) is 5.32 Å². The Hall–Kier alpha value is -2.09. The molecule has 1 atom stereocenters. The maximum atomic E-state index is 12.8. The lowest BCUT2D eigenvalue weighted by atomic mass is 9.90. The first-order valence-electron chi connectivity index (χ1n) is 6.51. The Morgan fingerprint density at radius 3 is 2.59 bits per heavy atom. The first kappa shape index (κ1) is 16.3. The summed E-state index contributed by atoms with van der Waals surface area (Å²) in [4.78, 5) is 25.2. The van der Waals surface area contributed by atoms with E-state index in [-0.39, 0.29) is 18.7 Å². The molecule has 0 aliphatic carbocycles. The van der Waals surface area contributed by atoms with Crippen LogP contribution in [-0.2, 0) is 21.2 Å². The van der Waals surface area contributed by atoms with Crippen molar-refractivity contribution in [1.82, 2.24) is 10.2 Å². The summed E-state index contributed by atoms with van der Waals surface area (Å²) in [6.45, 7) is 1.57. The number of urea groups is 1. The number of benzene rings is 1. The largest absolute Gasteiger partial charge is 0.416 e. The lowest BCUT2D eigenvalue weighted by Gasteiger charge is -2.23. The van der Waals surface area contributed by atoms with Crippen LogP contribution >= 0.6 is 0 Å². The standard InChI is InChI=1S/C14H15F3N2O3/c1-13(9-4-3-5-10(8-9)14(15,16)17)11(20)19(6-7-22-2)12(21)18-13/h3-5,8H,6-7H2,1-2H3,(H,18,21)/t13-/m0/s1. The fourth-order valence-electron chi connectivity index (χ4n) is 2.28. The van der Waals surface area contributed by atoms with Gasteiger partial charge in [0.2, 0.25) is 0 Å². The van der Waals surface area contributed by atoms with E-state index in [1.807, 2.05) is 0 Å². The average molecular weight is 316 g/mol. The smallest absolute Gasteiger partial charge is 0.383 e. The minimum Gasteiger partial charge on any atom is -0.383 e. The molecule has 2 rings (SSSR count). The number of alkyl halides is 3. The maximum absolute atomic E-state index is 12.8. The molecule has 120 valence electrons. The van der Waals surface area contributed by atoms with Crippen LogP contribution in [0.3, 0.4) is 0 Å². The second-order valence-electron chi connectivity index (χ2n) is 5.08. The van der Waals surface area contributed by atoms with E-state index >= 15 is 0 Å². The van der Waals surface area contributed by atoms with Gasteiger partial charge in [0.1, 0.15) is 5.54 Å². The van der Waals surface area contributed by atoms with Crippen LogP contribution in [0, 0.1) is 0 Å². The number of hydrogen-bond acceptors (Lipinski definition) is 3. The van der Waals surface area contributed by atoms with Crippen LogP contribution in [0.2, 0.25) is 0 Å². The van der Waals surface area contributed by atoms with Crippen molar-refractivity contribution in [2.75, 3.05) is 20.3 Å². The lowest BCUT2D eigenvalue weighted by molar-refractivity contribution is -0.138. The quantitative estimate of drug-likeness (QED) is 0.866. The molecule has 1 aliphatic rings. The molecular weight excluding hydrogens is 301 g/mol. The fraction of sp³-hybridized carbons (Fsp3) is 0.429. The van der Waals surface area contributed by atoms with Gasteiger partial charge in [-0.05, 0) is 24.6 Å². The molecule has 0 bridgehead atoms. The number of carbonyl (C=O) groups is 2. The van der Waals surface area contributed by atoms with Crippen molar-refractivity contribution >= 4 is 11.9 Å². The zero-order valence-electron chi connectivity index (χ0n) is 12.0. The lowest BCUT2D eigenvalue weighted by Crippen LogP contribution is -2.41. The highest BCUT2D eigenvalue weighted by Gasteiger charge is 2.49. The summed E-state index contributed by atoms with van der Waals surface area (Å²) in [6.07, 6.45) is -4.52. The van der Waals surface area contributed by atoms with Gasteiger partial charge in [-0.25, -0.2) is 4.79 Å².